The van der Waals surface area contributed by atoms with Gasteiger partial charge >= 0.3 is 0 Å². The number of hydrogen-bond acceptors (Lipinski definition) is 4. The molecule has 0 saturated carbocycles. The van der Waals surface area contributed by atoms with Gasteiger partial charge in [0.25, 0.3) is 11.5 Å². The second-order valence-corrected chi connectivity index (χ2v) is 7.97. The van der Waals surface area contributed by atoms with Crippen LogP contribution in [0.4, 0.5) is 5.69 Å². The maximum absolute atomic E-state index is 12.7. The van der Waals surface area contributed by atoms with Crippen molar-refractivity contribution in [2.45, 2.75) is 40.2 Å². The lowest BCUT2D eigenvalue weighted by atomic mass is 9.99. The van der Waals surface area contributed by atoms with E-state index in [1.54, 1.807) is 44.2 Å². The Hall–Kier alpha value is -3.40. The Bertz CT molecular complexity index is 1060. The van der Waals surface area contributed by atoms with Crippen LogP contribution in [0.5, 0.6) is 0 Å². The minimum absolute atomic E-state index is 0.00490. The molecule has 7 nitrogen and oxygen atoms in total. The van der Waals surface area contributed by atoms with E-state index in [9.17, 15) is 14.4 Å². The van der Waals surface area contributed by atoms with Gasteiger partial charge in [-0.2, -0.15) is 5.26 Å². The van der Waals surface area contributed by atoms with Crippen LogP contribution >= 0.6 is 0 Å². The number of nitrogens with one attached hydrogen (secondary N) is 1. The van der Waals surface area contributed by atoms with Gasteiger partial charge in [0.2, 0.25) is 5.91 Å². The van der Waals surface area contributed by atoms with Crippen LogP contribution in [0.15, 0.2) is 35.1 Å². The van der Waals surface area contributed by atoms with E-state index in [0.717, 1.165) is 25.9 Å². The minimum atomic E-state index is -0.471. The standard InChI is InChI=1S/C23H26N4O3/c1-15-5-4-10-26(13-15)22(29)18-6-8-19(9-7-18)25-21(28)14-27-17(3)11-16(2)20(12-24)23(27)30/h6-9,11,15H,4-5,10,13-14H2,1-3H3,(H,25,28). The zero-order chi connectivity index (χ0) is 21.8. The van der Waals surface area contributed by atoms with Crippen molar-refractivity contribution >= 4 is 17.5 Å². The Morgan fingerprint density at radius 2 is 1.93 bits per heavy atom. The van der Waals surface area contributed by atoms with E-state index in [4.69, 9.17) is 5.26 Å². The Kier molecular flexibility index (Phi) is 6.36. The van der Waals surface area contributed by atoms with E-state index in [0.29, 0.717) is 28.4 Å². The van der Waals surface area contributed by atoms with Crippen LogP contribution in [-0.4, -0.2) is 34.4 Å². The Morgan fingerprint density at radius 3 is 2.57 bits per heavy atom. The molecule has 2 amide bonds. The number of piperidine rings is 1. The second-order valence-electron chi connectivity index (χ2n) is 7.97. The smallest absolute Gasteiger partial charge is 0.269 e. The first-order chi connectivity index (χ1) is 14.3. The second kappa shape index (κ2) is 8.95. The minimum Gasteiger partial charge on any atom is -0.338 e. The summed E-state index contributed by atoms with van der Waals surface area (Å²) in [5.74, 6) is 0.138. The molecule has 0 spiro atoms. The summed E-state index contributed by atoms with van der Waals surface area (Å²) in [5.41, 5.74) is 1.92. The number of anilines is 1. The molecule has 30 heavy (non-hydrogen) atoms. The molecular weight excluding hydrogens is 380 g/mol. The fourth-order valence-corrected chi connectivity index (χ4v) is 3.86. The van der Waals surface area contributed by atoms with Gasteiger partial charge in [0.15, 0.2) is 0 Å². The zero-order valence-electron chi connectivity index (χ0n) is 17.6. The number of benzene rings is 1. The Labute approximate surface area is 175 Å². The van der Waals surface area contributed by atoms with E-state index in [-0.39, 0.29) is 23.9 Å². The van der Waals surface area contributed by atoms with Gasteiger partial charge in [0, 0.05) is 30.0 Å². The van der Waals surface area contributed by atoms with Gasteiger partial charge in [-0.3, -0.25) is 14.4 Å². The summed E-state index contributed by atoms with van der Waals surface area (Å²) in [6, 6.07) is 10.4. The molecule has 1 aliphatic heterocycles. The van der Waals surface area contributed by atoms with Gasteiger partial charge in [0.1, 0.15) is 18.2 Å². The topological polar surface area (TPSA) is 95.2 Å². The predicted molar refractivity (Wildman–Crippen MR) is 114 cm³/mol. The quantitative estimate of drug-likeness (QED) is 0.845. The van der Waals surface area contributed by atoms with Crippen molar-refractivity contribution in [3.8, 4) is 6.07 Å². The van der Waals surface area contributed by atoms with Gasteiger partial charge in [-0.15, -0.1) is 0 Å². The van der Waals surface area contributed by atoms with Crippen LogP contribution in [0.3, 0.4) is 0 Å². The van der Waals surface area contributed by atoms with E-state index >= 15 is 0 Å². The Balaban J connectivity index is 1.68. The molecule has 1 N–H and O–H groups in total. The summed E-state index contributed by atoms with van der Waals surface area (Å²) < 4.78 is 1.29. The summed E-state index contributed by atoms with van der Waals surface area (Å²) >= 11 is 0. The molecular formula is C23H26N4O3. The summed E-state index contributed by atoms with van der Waals surface area (Å²) in [6.45, 7) is 6.93. The first-order valence-electron chi connectivity index (χ1n) is 10.1. The molecule has 2 heterocycles. The van der Waals surface area contributed by atoms with E-state index < -0.39 is 5.56 Å². The van der Waals surface area contributed by atoms with Gasteiger partial charge in [0.05, 0.1) is 0 Å². The number of nitrogens with zero attached hydrogens (tertiary/aromatic N) is 3. The third-order valence-corrected chi connectivity index (χ3v) is 5.48. The highest BCUT2D eigenvalue weighted by Crippen LogP contribution is 2.19. The van der Waals surface area contributed by atoms with Gasteiger partial charge in [-0.1, -0.05) is 6.92 Å². The zero-order valence-corrected chi connectivity index (χ0v) is 17.6. The molecule has 2 aromatic rings. The monoisotopic (exact) mass is 406 g/mol. The number of carbonyl (C=O) groups is 2. The van der Waals surface area contributed by atoms with Crippen molar-refractivity contribution in [3.05, 3.63) is 63.1 Å². The molecule has 3 rings (SSSR count). The molecule has 1 saturated heterocycles. The number of nitriles is 1. The number of rotatable bonds is 4. The number of aryl methyl sites for hydroxylation is 2. The Morgan fingerprint density at radius 1 is 1.23 bits per heavy atom. The molecule has 1 aromatic heterocycles. The fraction of sp³-hybridized carbons (Fsp3) is 0.391. The third-order valence-electron chi connectivity index (χ3n) is 5.48. The van der Waals surface area contributed by atoms with Crippen molar-refractivity contribution in [2.24, 2.45) is 5.92 Å². The fourth-order valence-electron chi connectivity index (χ4n) is 3.86. The van der Waals surface area contributed by atoms with E-state index in [2.05, 4.69) is 12.2 Å². The average molecular weight is 406 g/mol. The number of pyridine rings is 1. The lowest BCUT2D eigenvalue weighted by molar-refractivity contribution is -0.116. The van der Waals surface area contributed by atoms with E-state index in [1.807, 2.05) is 11.0 Å². The molecule has 1 aromatic carbocycles. The molecule has 1 atom stereocenters. The lowest BCUT2D eigenvalue weighted by Gasteiger charge is -2.31. The predicted octanol–water partition coefficient (Wildman–Crippen LogP) is 2.85. The van der Waals surface area contributed by atoms with Gasteiger partial charge in [-0.05, 0) is 68.5 Å². The maximum atomic E-state index is 12.7. The molecule has 1 fully saturated rings. The molecule has 156 valence electrons. The largest absolute Gasteiger partial charge is 0.338 e. The first-order valence-corrected chi connectivity index (χ1v) is 10.1. The van der Waals surface area contributed by atoms with Crippen LogP contribution < -0.4 is 10.9 Å². The van der Waals surface area contributed by atoms with Crippen LogP contribution in [0.1, 0.15) is 46.9 Å². The molecule has 0 radical (unpaired) electrons. The number of likely N-dealkylation sites (tertiary alicyclic amines) is 1. The normalized spacial score (nSPS) is 16.1. The maximum Gasteiger partial charge on any atom is 0.269 e. The summed E-state index contributed by atoms with van der Waals surface area (Å²) in [5, 5.41) is 11.9. The van der Waals surface area contributed by atoms with Crippen LogP contribution in [0, 0.1) is 31.1 Å². The SMILES string of the molecule is Cc1cc(C)n(CC(=O)Nc2ccc(C(=O)N3CCCC(C)C3)cc2)c(=O)c1C#N. The van der Waals surface area contributed by atoms with Crippen molar-refractivity contribution in [2.75, 3.05) is 18.4 Å². The lowest BCUT2D eigenvalue weighted by Crippen LogP contribution is -2.39. The number of carbonyl (C=O) groups excluding carboxylic acids is 2. The van der Waals surface area contributed by atoms with Crippen molar-refractivity contribution in [3.63, 3.8) is 0 Å². The molecule has 1 aliphatic rings. The average Bonchev–Trinajstić information content (AvgIpc) is 2.71. The summed E-state index contributed by atoms with van der Waals surface area (Å²) in [6.07, 6.45) is 2.17. The summed E-state index contributed by atoms with van der Waals surface area (Å²) in [4.78, 5) is 39.4. The van der Waals surface area contributed by atoms with Gasteiger partial charge < -0.3 is 14.8 Å². The number of hydrogen-bond donors (Lipinski definition) is 1. The highest BCUT2D eigenvalue weighted by Gasteiger charge is 2.22. The first kappa shape index (κ1) is 21.3. The van der Waals surface area contributed by atoms with Gasteiger partial charge in [-0.25, -0.2) is 0 Å². The van der Waals surface area contributed by atoms with Crippen LogP contribution in [0.2, 0.25) is 0 Å². The van der Waals surface area contributed by atoms with Crippen LogP contribution in [0.25, 0.3) is 0 Å². The third kappa shape index (κ3) is 4.60. The van der Waals surface area contributed by atoms with E-state index in [1.165, 1.54) is 4.57 Å². The molecule has 0 aliphatic carbocycles. The summed E-state index contributed by atoms with van der Waals surface area (Å²) in [7, 11) is 0. The highest BCUT2D eigenvalue weighted by atomic mass is 16.2. The van der Waals surface area contributed by atoms with Crippen molar-refractivity contribution in [1.82, 2.24) is 9.47 Å². The number of aromatic nitrogens is 1. The van der Waals surface area contributed by atoms with Crippen molar-refractivity contribution in [1.29, 1.82) is 5.26 Å². The van der Waals surface area contributed by atoms with Crippen LogP contribution in [-0.2, 0) is 11.3 Å². The molecule has 0 bridgehead atoms. The molecule has 7 heteroatoms. The molecule has 1 unspecified atom stereocenters. The number of amides is 2. The highest BCUT2D eigenvalue weighted by molar-refractivity contribution is 5.95. The van der Waals surface area contributed by atoms with Crippen molar-refractivity contribution < 1.29 is 9.59 Å².